The number of furan rings is 1. The van der Waals surface area contributed by atoms with Crippen LogP contribution in [0.3, 0.4) is 0 Å². The Bertz CT molecular complexity index is 1270. The molecule has 4 rings (SSSR count). The maximum absolute atomic E-state index is 12.5. The first-order valence-electron chi connectivity index (χ1n) is 9.54. The summed E-state index contributed by atoms with van der Waals surface area (Å²) in [7, 11) is 0. The van der Waals surface area contributed by atoms with E-state index in [1.165, 1.54) is 6.07 Å². The molecule has 0 spiro atoms. The van der Waals surface area contributed by atoms with Crippen molar-refractivity contribution in [3.63, 3.8) is 0 Å². The number of carbonyl (C=O) groups is 3. The van der Waals surface area contributed by atoms with Crippen LogP contribution in [-0.4, -0.2) is 22.6 Å². The van der Waals surface area contributed by atoms with Gasteiger partial charge in [0.25, 0.3) is 11.5 Å². The first kappa shape index (κ1) is 19.6. The summed E-state index contributed by atoms with van der Waals surface area (Å²) in [5.74, 6) is -1.54. The molecule has 8 nitrogen and oxygen atoms in total. The minimum absolute atomic E-state index is 0.0632. The van der Waals surface area contributed by atoms with Crippen molar-refractivity contribution in [1.29, 1.82) is 0 Å². The number of aryl methyl sites for hydroxylation is 1. The van der Waals surface area contributed by atoms with Crippen molar-refractivity contribution in [2.75, 3.05) is 0 Å². The lowest BCUT2D eigenvalue weighted by Crippen LogP contribution is -2.44. The van der Waals surface area contributed by atoms with Gasteiger partial charge >= 0.3 is 5.91 Å². The molecule has 30 heavy (non-hydrogen) atoms. The van der Waals surface area contributed by atoms with E-state index in [1.54, 1.807) is 19.1 Å². The number of H-pyrrole nitrogens is 1. The number of para-hydroxylation sites is 1. The summed E-state index contributed by atoms with van der Waals surface area (Å²) < 4.78 is 5.55. The number of rotatable bonds is 2. The fourth-order valence-electron chi connectivity index (χ4n) is 3.83. The van der Waals surface area contributed by atoms with Gasteiger partial charge in [-0.15, -0.1) is 0 Å². The largest absolute Gasteiger partial charge is 0.451 e. The van der Waals surface area contributed by atoms with Gasteiger partial charge in [0.2, 0.25) is 0 Å². The van der Waals surface area contributed by atoms with Crippen LogP contribution >= 0.6 is 0 Å². The number of aromatic nitrogens is 1. The number of pyridine rings is 1. The van der Waals surface area contributed by atoms with Gasteiger partial charge in [-0.3, -0.25) is 30.0 Å². The molecule has 0 radical (unpaired) electrons. The minimum atomic E-state index is -0.821. The molecule has 0 atom stereocenters. The molecule has 0 fully saturated rings. The summed E-state index contributed by atoms with van der Waals surface area (Å²) in [5, 5.41) is 0.793. The van der Waals surface area contributed by atoms with Crippen LogP contribution in [0.2, 0.25) is 0 Å². The molecular weight excluding hydrogens is 386 g/mol. The van der Waals surface area contributed by atoms with Gasteiger partial charge in [-0.1, -0.05) is 32.0 Å². The Morgan fingerprint density at radius 1 is 1.07 bits per heavy atom. The summed E-state index contributed by atoms with van der Waals surface area (Å²) in [6.45, 7) is 5.63. The van der Waals surface area contributed by atoms with Gasteiger partial charge in [0.15, 0.2) is 11.5 Å². The van der Waals surface area contributed by atoms with Crippen LogP contribution < -0.4 is 16.4 Å². The third-order valence-corrected chi connectivity index (χ3v) is 5.30. The first-order valence-corrected chi connectivity index (χ1v) is 9.54. The molecule has 1 aliphatic carbocycles. The van der Waals surface area contributed by atoms with E-state index >= 15 is 0 Å². The number of hydrazine groups is 1. The number of hydrogen-bond acceptors (Lipinski definition) is 5. The number of amides is 2. The van der Waals surface area contributed by atoms with Crippen LogP contribution in [0.15, 0.2) is 39.5 Å². The summed E-state index contributed by atoms with van der Waals surface area (Å²) in [6, 6.07) is 8.48. The summed E-state index contributed by atoms with van der Waals surface area (Å²) in [5.41, 5.74) is 5.41. The second-order valence-electron chi connectivity index (χ2n) is 8.31. The molecule has 3 aromatic rings. The Morgan fingerprint density at radius 2 is 1.77 bits per heavy atom. The Labute approximate surface area is 171 Å². The third-order valence-electron chi connectivity index (χ3n) is 5.30. The maximum atomic E-state index is 12.5. The molecule has 0 saturated carbocycles. The van der Waals surface area contributed by atoms with Crippen LogP contribution in [0.4, 0.5) is 0 Å². The highest BCUT2D eigenvalue weighted by Gasteiger charge is 2.32. The second-order valence-corrected chi connectivity index (χ2v) is 8.31. The molecule has 1 aromatic carbocycles. The molecule has 1 aliphatic rings. The summed E-state index contributed by atoms with van der Waals surface area (Å²) in [6.07, 6.45) is 0.864. The van der Waals surface area contributed by atoms with Crippen molar-refractivity contribution in [3.05, 3.63) is 68.8 Å². The number of carbonyl (C=O) groups excluding carboxylic acids is 3. The number of fused-ring (bicyclic) bond motifs is 2. The first-order chi connectivity index (χ1) is 14.2. The fourth-order valence-corrected chi connectivity index (χ4v) is 3.83. The highest BCUT2D eigenvalue weighted by atomic mass is 16.3. The SMILES string of the molecule is Cc1c(C(=O)NNC(=O)c2cc3c([nH]c2=O)CC(C)(C)CC3=O)oc2ccccc12. The van der Waals surface area contributed by atoms with Crippen LogP contribution in [0, 0.1) is 12.3 Å². The average Bonchev–Trinajstić information content (AvgIpc) is 3.01. The monoisotopic (exact) mass is 407 g/mol. The number of ketones is 1. The Balaban J connectivity index is 1.54. The molecule has 8 heteroatoms. The maximum Gasteiger partial charge on any atom is 0.305 e. The number of hydrogen-bond donors (Lipinski definition) is 3. The van der Waals surface area contributed by atoms with Crippen molar-refractivity contribution in [2.45, 2.75) is 33.6 Å². The molecule has 2 amide bonds. The van der Waals surface area contributed by atoms with Crippen molar-refractivity contribution < 1.29 is 18.8 Å². The summed E-state index contributed by atoms with van der Waals surface area (Å²) in [4.78, 5) is 52.4. The molecule has 0 saturated heterocycles. The topological polar surface area (TPSA) is 121 Å². The van der Waals surface area contributed by atoms with Crippen molar-refractivity contribution in [1.82, 2.24) is 15.8 Å². The standard InChI is InChI=1S/C22H21N3O5/c1-11-12-6-4-5-7-17(12)30-18(11)21(29)25-24-20(28)14-8-13-15(23-19(14)27)9-22(2,3)10-16(13)26/h4-8H,9-10H2,1-3H3,(H,23,27)(H,24,28)(H,25,29). The van der Waals surface area contributed by atoms with E-state index in [0.29, 0.717) is 35.2 Å². The molecule has 2 heterocycles. The van der Waals surface area contributed by atoms with E-state index in [2.05, 4.69) is 15.8 Å². The lowest BCUT2D eigenvalue weighted by molar-refractivity contribution is 0.0830. The zero-order valence-corrected chi connectivity index (χ0v) is 16.8. The van der Waals surface area contributed by atoms with E-state index in [1.807, 2.05) is 26.0 Å². The van der Waals surface area contributed by atoms with Crippen LogP contribution in [0.1, 0.15) is 62.8 Å². The van der Waals surface area contributed by atoms with E-state index in [4.69, 9.17) is 4.42 Å². The fraction of sp³-hybridized carbons (Fsp3) is 0.273. The highest BCUT2D eigenvalue weighted by Crippen LogP contribution is 2.33. The van der Waals surface area contributed by atoms with Crippen molar-refractivity contribution in [2.24, 2.45) is 5.41 Å². The van der Waals surface area contributed by atoms with Crippen LogP contribution in [-0.2, 0) is 6.42 Å². The molecule has 0 unspecified atom stereocenters. The highest BCUT2D eigenvalue weighted by molar-refractivity contribution is 6.03. The third kappa shape index (κ3) is 3.41. The van der Waals surface area contributed by atoms with Gasteiger partial charge in [-0.25, -0.2) is 0 Å². The second kappa shape index (κ2) is 6.98. The van der Waals surface area contributed by atoms with Crippen molar-refractivity contribution >= 4 is 28.6 Å². The molecule has 0 bridgehead atoms. The molecule has 154 valence electrons. The number of Topliss-reactive ketones (excluding diaryl/α,β-unsaturated/α-hetero) is 1. The Kier molecular flexibility index (Phi) is 4.57. The lowest BCUT2D eigenvalue weighted by Gasteiger charge is -2.29. The van der Waals surface area contributed by atoms with E-state index < -0.39 is 17.4 Å². The van der Waals surface area contributed by atoms with E-state index in [-0.39, 0.29) is 22.5 Å². The Morgan fingerprint density at radius 3 is 2.50 bits per heavy atom. The van der Waals surface area contributed by atoms with Gasteiger partial charge in [-0.2, -0.15) is 0 Å². The Hall–Kier alpha value is -3.68. The van der Waals surface area contributed by atoms with Gasteiger partial charge in [0.05, 0.1) is 0 Å². The zero-order valence-electron chi connectivity index (χ0n) is 16.8. The van der Waals surface area contributed by atoms with Gasteiger partial charge < -0.3 is 9.40 Å². The lowest BCUT2D eigenvalue weighted by atomic mass is 9.75. The molecule has 3 N–H and O–H groups in total. The zero-order chi connectivity index (χ0) is 21.6. The van der Waals surface area contributed by atoms with Gasteiger partial charge in [0.1, 0.15) is 11.1 Å². The van der Waals surface area contributed by atoms with Crippen LogP contribution in [0.25, 0.3) is 11.0 Å². The minimum Gasteiger partial charge on any atom is -0.451 e. The van der Waals surface area contributed by atoms with Gasteiger partial charge in [0, 0.05) is 28.6 Å². The van der Waals surface area contributed by atoms with E-state index in [9.17, 15) is 19.2 Å². The average molecular weight is 407 g/mol. The summed E-state index contributed by atoms with van der Waals surface area (Å²) >= 11 is 0. The molecule has 2 aromatic heterocycles. The van der Waals surface area contributed by atoms with Gasteiger partial charge in [-0.05, 0) is 30.9 Å². The van der Waals surface area contributed by atoms with Crippen molar-refractivity contribution in [3.8, 4) is 0 Å². The smallest absolute Gasteiger partial charge is 0.305 e. The quantitative estimate of drug-likeness (QED) is 0.564. The van der Waals surface area contributed by atoms with E-state index in [0.717, 1.165) is 5.39 Å². The number of benzene rings is 1. The number of aromatic amines is 1. The van der Waals surface area contributed by atoms with Crippen LogP contribution in [0.5, 0.6) is 0 Å². The predicted molar refractivity (Wildman–Crippen MR) is 109 cm³/mol. The molecular formula is C22H21N3O5. The molecule has 0 aliphatic heterocycles. The predicted octanol–water partition coefficient (Wildman–Crippen LogP) is 2.66. The number of nitrogens with one attached hydrogen (secondary N) is 3. The normalized spacial score (nSPS) is 15.0.